The number of aliphatic hydroxyl groups excluding tert-OH is 1. The van der Waals surface area contributed by atoms with Gasteiger partial charge >= 0.3 is 0 Å². The standard InChI is InChI=1S/C11H24N2O3S/c1-2-13(8-9-14)17(15,16)10-5-11-3-6-12-7-4-11/h11-12,14H,2-10H2,1H3. The quantitative estimate of drug-likeness (QED) is 0.680. The molecule has 1 saturated heterocycles. The zero-order valence-electron chi connectivity index (χ0n) is 10.6. The Morgan fingerprint density at radius 1 is 1.35 bits per heavy atom. The van der Waals surface area contributed by atoms with E-state index in [1.54, 1.807) is 6.92 Å². The first-order valence-corrected chi connectivity index (χ1v) is 8.00. The smallest absolute Gasteiger partial charge is 0.214 e. The summed E-state index contributed by atoms with van der Waals surface area (Å²) >= 11 is 0. The number of sulfonamides is 1. The van der Waals surface area contributed by atoms with Gasteiger partial charge in [0, 0.05) is 13.1 Å². The summed E-state index contributed by atoms with van der Waals surface area (Å²) in [7, 11) is -3.18. The van der Waals surface area contributed by atoms with Gasteiger partial charge in [0.25, 0.3) is 0 Å². The van der Waals surface area contributed by atoms with Crippen LogP contribution in [0.4, 0.5) is 0 Å². The minimum Gasteiger partial charge on any atom is -0.395 e. The van der Waals surface area contributed by atoms with Crippen LogP contribution in [-0.2, 0) is 10.0 Å². The van der Waals surface area contributed by atoms with Crippen LogP contribution in [-0.4, -0.2) is 56.4 Å². The van der Waals surface area contributed by atoms with E-state index in [0.717, 1.165) is 32.4 Å². The van der Waals surface area contributed by atoms with Crippen LogP contribution in [0, 0.1) is 5.92 Å². The lowest BCUT2D eigenvalue weighted by Gasteiger charge is -2.24. The molecule has 0 atom stereocenters. The van der Waals surface area contributed by atoms with Gasteiger partial charge in [0.15, 0.2) is 0 Å². The average molecular weight is 264 g/mol. The first-order valence-electron chi connectivity index (χ1n) is 6.39. The number of piperidine rings is 1. The van der Waals surface area contributed by atoms with Gasteiger partial charge in [-0.25, -0.2) is 8.42 Å². The van der Waals surface area contributed by atoms with E-state index < -0.39 is 10.0 Å². The van der Waals surface area contributed by atoms with Crippen molar-refractivity contribution in [2.45, 2.75) is 26.2 Å². The van der Waals surface area contributed by atoms with E-state index >= 15 is 0 Å². The number of rotatable bonds is 7. The van der Waals surface area contributed by atoms with Crippen molar-refractivity contribution < 1.29 is 13.5 Å². The first kappa shape index (κ1) is 14.9. The van der Waals surface area contributed by atoms with E-state index in [-0.39, 0.29) is 18.9 Å². The fraction of sp³-hybridized carbons (Fsp3) is 1.00. The van der Waals surface area contributed by atoms with Crippen molar-refractivity contribution in [1.82, 2.24) is 9.62 Å². The summed E-state index contributed by atoms with van der Waals surface area (Å²) in [5.41, 5.74) is 0. The van der Waals surface area contributed by atoms with Crippen molar-refractivity contribution in [3.8, 4) is 0 Å². The van der Waals surface area contributed by atoms with Crippen LogP contribution in [0.25, 0.3) is 0 Å². The predicted octanol–water partition coefficient (Wildman–Crippen LogP) is 0.0201. The van der Waals surface area contributed by atoms with Crippen molar-refractivity contribution in [3.63, 3.8) is 0 Å². The molecule has 0 aromatic carbocycles. The molecule has 17 heavy (non-hydrogen) atoms. The number of nitrogens with zero attached hydrogens (tertiary/aromatic N) is 1. The molecule has 0 amide bonds. The third-order valence-corrected chi connectivity index (χ3v) is 5.32. The zero-order chi connectivity index (χ0) is 12.7. The van der Waals surface area contributed by atoms with Crippen LogP contribution in [0.3, 0.4) is 0 Å². The summed E-state index contributed by atoms with van der Waals surface area (Å²) in [6.45, 7) is 4.34. The molecule has 102 valence electrons. The molecule has 2 N–H and O–H groups in total. The Bertz CT molecular complexity index is 300. The molecule has 1 aliphatic rings. The fourth-order valence-corrected chi connectivity index (χ4v) is 3.86. The number of likely N-dealkylation sites (N-methyl/N-ethyl adjacent to an activating group) is 1. The Kier molecular flexibility index (Phi) is 6.40. The number of hydrogen-bond donors (Lipinski definition) is 2. The van der Waals surface area contributed by atoms with Crippen molar-refractivity contribution in [2.24, 2.45) is 5.92 Å². The average Bonchev–Trinajstić information content (AvgIpc) is 2.34. The number of hydrogen-bond acceptors (Lipinski definition) is 4. The highest BCUT2D eigenvalue weighted by Gasteiger charge is 2.22. The molecule has 1 fully saturated rings. The highest BCUT2D eigenvalue weighted by atomic mass is 32.2. The second kappa shape index (κ2) is 7.31. The second-order valence-corrected chi connectivity index (χ2v) is 6.60. The van der Waals surface area contributed by atoms with Gasteiger partial charge in [-0.1, -0.05) is 6.92 Å². The molecule has 0 aromatic rings. The van der Waals surface area contributed by atoms with Crippen LogP contribution in [0.1, 0.15) is 26.2 Å². The lowest BCUT2D eigenvalue weighted by atomic mass is 9.96. The monoisotopic (exact) mass is 264 g/mol. The van der Waals surface area contributed by atoms with E-state index in [0.29, 0.717) is 12.5 Å². The van der Waals surface area contributed by atoms with Gasteiger partial charge in [-0.15, -0.1) is 0 Å². The van der Waals surface area contributed by atoms with Gasteiger partial charge in [0.2, 0.25) is 10.0 Å². The molecule has 0 spiro atoms. The molecule has 1 aliphatic heterocycles. The van der Waals surface area contributed by atoms with Gasteiger partial charge in [0.05, 0.1) is 12.4 Å². The summed E-state index contributed by atoms with van der Waals surface area (Å²) in [6, 6.07) is 0. The van der Waals surface area contributed by atoms with Crippen molar-refractivity contribution in [1.29, 1.82) is 0 Å². The fourth-order valence-electron chi connectivity index (χ4n) is 2.22. The molecule has 6 heteroatoms. The minimum absolute atomic E-state index is 0.111. The second-order valence-electron chi connectivity index (χ2n) is 4.51. The van der Waals surface area contributed by atoms with E-state index in [1.807, 2.05) is 0 Å². The van der Waals surface area contributed by atoms with E-state index in [2.05, 4.69) is 5.32 Å². The molecule has 5 nitrogen and oxygen atoms in total. The summed E-state index contributed by atoms with van der Waals surface area (Å²) in [4.78, 5) is 0. The maximum atomic E-state index is 12.0. The summed E-state index contributed by atoms with van der Waals surface area (Å²) < 4.78 is 25.4. The summed E-state index contributed by atoms with van der Waals surface area (Å²) in [5.74, 6) is 0.741. The van der Waals surface area contributed by atoms with Crippen molar-refractivity contribution >= 4 is 10.0 Å². The van der Waals surface area contributed by atoms with Crippen LogP contribution in [0.2, 0.25) is 0 Å². The van der Waals surface area contributed by atoms with Gasteiger partial charge in [0.1, 0.15) is 0 Å². The Morgan fingerprint density at radius 3 is 2.53 bits per heavy atom. The lowest BCUT2D eigenvalue weighted by molar-refractivity contribution is 0.256. The van der Waals surface area contributed by atoms with Crippen LogP contribution in [0.15, 0.2) is 0 Å². The third-order valence-electron chi connectivity index (χ3n) is 3.34. The normalized spacial score (nSPS) is 18.8. The maximum Gasteiger partial charge on any atom is 0.214 e. The molecular formula is C11H24N2O3S. The molecule has 0 unspecified atom stereocenters. The Morgan fingerprint density at radius 2 is 2.00 bits per heavy atom. The minimum atomic E-state index is -3.18. The molecule has 0 aliphatic carbocycles. The Balaban J connectivity index is 2.41. The highest BCUT2D eigenvalue weighted by Crippen LogP contribution is 2.17. The molecule has 1 rings (SSSR count). The van der Waals surface area contributed by atoms with Gasteiger partial charge in [-0.2, -0.15) is 4.31 Å². The maximum absolute atomic E-state index is 12.0. The third kappa shape index (κ3) is 4.91. The Hall–Kier alpha value is -0.170. The van der Waals surface area contributed by atoms with Crippen LogP contribution >= 0.6 is 0 Å². The Labute approximate surface area is 104 Å². The summed E-state index contributed by atoms with van der Waals surface area (Å²) in [5, 5.41) is 12.1. The van der Waals surface area contributed by atoms with E-state index in [1.165, 1.54) is 4.31 Å². The molecular weight excluding hydrogens is 240 g/mol. The first-order chi connectivity index (χ1) is 8.10. The number of aliphatic hydroxyl groups is 1. The van der Waals surface area contributed by atoms with E-state index in [9.17, 15) is 8.42 Å². The van der Waals surface area contributed by atoms with Gasteiger partial charge < -0.3 is 10.4 Å². The van der Waals surface area contributed by atoms with Crippen LogP contribution < -0.4 is 5.32 Å². The molecule has 0 bridgehead atoms. The molecule has 0 radical (unpaired) electrons. The largest absolute Gasteiger partial charge is 0.395 e. The van der Waals surface area contributed by atoms with Gasteiger partial charge in [-0.05, 0) is 38.3 Å². The van der Waals surface area contributed by atoms with Gasteiger partial charge in [-0.3, -0.25) is 0 Å². The number of nitrogens with one attached hydrogen (secondary N) is 1. The van der Waals surface area contributed by atoms with Crippen LogP contribution in [0.5, 0.6) is 0 Å². The predicted molar refractivity (Wildman–Crippen MR) is 68.3 cm³/mol. The SMILES string of the molecule is CCN(CCO)S(=O)(=O)CCC1CCNCC1. The zero-order valence-corrected chi connectivity index (χ0v) is 11.4. The topological polar surface area (TPSA) is 69.6 Å². The molecule has 0 saturated carbocycles. The van der Waals surface area contributed by atoms with Crippen molar-refractivity contribution in [2.75, 3.05) is 38.5 Å². The molecule has 0 aromatic heterocycles. The highest BCUT2D eigenvalue weighted by molar-refractivity contribution is 7.89. The van der Waals surface area contributed by atoms with E-state index in [4.69, 9.17) is 5.11 Å². The molecule has 1 heterocycles. The lowest BCUT2D eigenvalue weighted by Crippen LogP contribution is -2.36. The summed E-state index contributed by atoms with van der Waals surface area (Å²) in [6.07, 6.45) is 2.88. The van der Waals surface area contributed by atoms with Crippen molar-refractivity contribution in [3.05, 3.63) is 0 Å².